The lowest BCUT2D eigenvalue weighted by atomic mass is 9.75. The van der Waals surface area contributed by atoms with Gasteiger partial charge in [-0.2, -0.15) is 11.8 Å². The Bertz CT molecular complexity index is 865. The molecule has 1 aliphatic carbocycles. The molecule has 4 nitrogen and oxygen atoms in total. The number of likely N-dealkylation sites (tertiary alicyclic amines) is 1. The Morgan fingerprint density at radius 1 is 1.07 bits per heavy atom. The van der Waals surface area contributed by atoms with Gasteiger partial charge in [0.05, 0.1) is 5.69 Å². The summed E-state index contributed by atoms with van der Waals surface area (Å²) in [6.07, 6.45) is 6.94. The molecule has 2 saturated heterocycles. The zero-order valence-corrected chi connectivity index (χ0v) is 16.6. The van der Waals surface area contributed by atoms with Crippen LogP contribution in [-0.2, 0) is 11.8 Å². The topological polar surface area (TPSA) is 49.0 Å². The molecule has 0 unspecified atom stereocenters. The molecular formula is C22H27N3OS. The van der Waals surface area contributed by atoms with Crippen LogP contribution in [0.3, 0.4) is 0 Å². The predicted octanol–water partition coefficient (Wildman–Crippen LogP) is 3.61. The fourth-order valence-electron chi connectivity index (χ4n) is 5.24. The van der Waals surface area contributed by atoms with E-state index in [1.165, 1.54) is 24.3 Å². The number of fused-ring (bicyclic) bond motifs is 2. The van der Waals surface area contributed by atoms with Gasteiger partial charge >= 0.3 is 0 Å². The third-order valence-corrected chi connectivity index (χ3v) is 7.93. The van der Waals surface area contributed by atoms with Crippen LogP contribution in [0.2, 0.25) is 0 Å². The summed E-state index contributed by atoms with van der Waals surface area (Å²) < 4.78 is 0. The molecule has 1 N–H and O–H groups in total. The number of hydrogen-bond acceptors (Lipinski definition) is 4. The number of benzene rings is 1. The molecular weight excluding hydrogens is 354 g/mol. The molecule has 142 valence electrons. The molecule has 3 aliphatic rings. The largest absolute Gasteiger partial charge is 0.306 e. The molecule has 0 bridgehead atoms. The van der Waals surface area contributed by atoms with Crippen molar-refractivity contribution in [2.75, 3.05) is 24.6 Å². The molecule has 2 fully saturated rings. The first-order valence-corrected chi connectivity index (χ1v) is 11.4. The normalized spacial score (nSPS) is 22.8. The standard InChI is InChI=1S/C22H27N3OS/c26-21-18-6-9-22(10-12-25(13-11-22)17-7-14-27-15-8-17)19(18)23-20(24-21)16-4-2-1-3-5-16/h1-5,17H,6-15H2,(H,23,24,26). The smallest absolute Gasteiger partial charge is 0.254 e. The number of rotatable bonds is 2. The maximum absolute atomic E-state index is 12.7. The van der Waals surface area contributed by atoms with Crippen LogP contribution in [0, 0.1) is 0 Å². The summed E-state index contributed by atoms with van der Waals surface area (Å²) in [5.41, 5.74) is 3.23. The predicted molar refractivity (Wildman–Crippen MR) is 111 cm³/mol. The summed E-state index contributed by atoms with van der Waals surface area (Å²) in [7, 11) is 0. The van der Waals surface area contributed by atoms with Crippen molar-refractivity contribution < 1.29 is 0 Å². The molecule has 0 radical (unpaired) electrons. The number of thioether (sulfide) groups is 1. The van der Waals surface area contributed by atoms with Gasteiger partial charge in [0.15, 0.2) is 0 Å². The number of nitrogens with zero attached hydrogens (tertiary/aromatic N) is 2. The monoisotopic (exact) mass is 381 g/mol. The second-order valence-corrected chi connectivity index (χ2v) is 9.49. The minimum absolute atomic E-state index is 0.0717. The lowest BCUT2D eigenvalue weighted by molar-refractivity contribution is 0.107. The van der Waals surface area contributed by atoms with Crippen molar-refractivity contribution in [1.29, 1.82) is 0 Å². The van der Waals surface area contributed by atoms with Gasteiger partial charge in [0, 0.05) is 22.6 Å². The fraction of sp³-hybridized carbons (Fsp3) is 0.545. The Hall–Kier alpha value is -1.59. The molecule has 5 heteroatoms. The van der Waals surface area contributed by atoms with Crippen LogP contribution < -0.4 is 5.56 Å². The van der Waals surface area contributed by atoms with Crippen molar-refractivity contribution in [3.8, 4) is 11.4 Å². The molecule has 1 aromatic carbocycles. The van der Waals surface area contributed by atoms with Gasteiger partial charge in [-0.05, 0) is 63.1 Å². The molecule has 27 heavy (non-hydrogen) atoms. The van der Waals surface area contributed by atoms with Crippen LogP contribution in [0.5, 0.6) is 0 Å². The van der Waals surface area contributed by atoms with Crippen LogP contribution >= 0.6 is 11.8 Å². The van der Waals surface area contributed by atoms with Gasteiger partial charge in [-0.15, -0.1) is 0 Å². The molecule has 1 spiro atoms. The first kappa shape index (κ1) is 17.5. The highest BCUT2D eigenvalue weighted by atomic mass is 32.2. The van der Waals surface area contributed by atoms with Gasteiger partial charge in [0.25, 0.3) is 5.56 Å². The molecule has 0 saturated carbocycles. The molecule has 0 amide bonds. The van der Waals surface area contributed by atoms with Crippen molar-refractivity contribution in [2.45, 2.75) is 50.0 Å². The van der Waals surface area contributed by atoms with Crippen LogP contribution in [0.1, 0.15) is 43.4 Å². The van der Waals surface area contributed by atoms with E-state index in [4.69, 9.17) is 4.98 Å². The molecule has 2 aromatic rings. The van der Waals surface area contributed by atoms with E-state index < -0.39 is 0 Å². The number of H-pyrrole nitrogens is 1. The Kier molecular flexibility index (Phi) is 4.60. The molecule has 1 aromatic heterocycles. The summed E-state index contributed by atoms with van der Waals surface area (Å²) in [6, 6.07) is 10.8. The third kappa shape index (κ3) is 3.15. The van der Waals surface area contributed by atoms with Gasteiger partial charge in [-0.1, -0.05) is 30.3 Å². The van der Waals surface area contributed by atoms with Crippen molar-refractivity contribution >= 4 is 11.8 Å². The zero-order valence-electron chi connectivity index (χ0n) is 15.7. The van der Waals surface area contributed by atoms with E-state index in [-0.39, 0.29) is 11.0 Å². The zero-order chi connectivity index (χ0) is 18.3. The first-order chi connectivity index (χ1) is 13.3. The summed E-state index contributed by atoms with van der Waals surface area (Å²) in [6.45, 7) is 2.31. The van der Waals surface area contributed by atoms with Crippen LogP contribution in [0.4, 0.5) is 0 Å². The average molecular weight is 382 g/mol. The van der Waals surface area contributed by atoms with Crippen LogP contribution in [0.15, 0.2) is 35.1 Å². The number of piperidine rings is 1. The summed E-state index contributed by atoms with van der Waals surface area (Å²) in [5.74, 6) is 3.35. The summed E-state index contributed by atoms with van der Waals surface area (Å²) in [4.78, 5) is 23.5. The number of aromatic nitrogens is 2. The van der Waals surface area contributed by atoms with E-state index in [0.717, 1.165) is 67.5 Å². The SMILES string of the molecule is O=c1[nH]c(-c2ccccc2)nc2c1CCC21CCN(C2CCSCC2)CC1. The minimum Gasteiger partial charge on any atom is -0.306 e. The second kappa shape index (κ2) is 7.10. The maximum Gasteiger partial charge on any atom is 0.254 e. The van der Waals surface area contributed by atoms with E-state index in [2.05, 4.69) is 21.6 Å². The average Bonchev–Trinajstić information content (AvgIpc) is 3.08. The van der Waals surface area contributed by atoms with E-state index in [0.29, 0.717) is 0 Å². The summed E-state index contributed by atoms with van der Waals surface area (Å²) >= 11 is 2.10. The Balaban J connectivity index is 1.43. The van der Waals surface area contributed by atoms with E-state index in [9.17, 15) is 4.79 Å². The van der Waals surface area contributed by atoms with Crippen molar-refractivity contribution in [2.24, 2.45) is 0 Å². The van der Waals surface area contributed by atoms with Crippen LogP contribution in [-0.4, -0.2) is 45.5 Å². The molecule has 2 aliphatic heterocycles. The van der Waals surface area contributed by atoms with Crippen molar-refractivity contribution in [3.05, 3.63) is 51.9 Å². The van der Waals surface area contributed by atoms with Crippen molar-refractivity contribution in [3.63, 3.8) is 0 Å². The first-order valence-electron chi connectivity index (χ1n) is 10.3. The van der Waals surface area contributed by atoms with E-state index >= 15 is 0 Å². The summed E-state index contributed by atoms with van der Waals surface area (Å²) in [5, 5.41) is 0. The van der Waals surface area contributed by atoms with Gasteiger partial charge < -0.3 is 9.88 Å². The highest BCUT2D eigenvalue weighted by Crippen LogP contribution is 2.45. The van der Waals surface area contributed by atoms with Gasteiger partial charge in [0.1, 0.15) is 5.82 Å². The highest BCUT2D eigenvalue weighted by molar-refractivity contribution is 7.99. The minimum atomic E-state index is 0.0717. The Labute approximate surface area is 164 Å². The Morgan fingerprint density at radius 2 is 1.81 bits per heavy atom. The fourth-order valence-corrected chi connectivity index (χ4v) is 6.32. The number of nitrogens with one attached hydrogen (secondary N) is 1. The molecule has 3 heterocycles. The Morgan fingerprint density at radius 3 is 2.56 bits per heavy atom. The van der Waals surface area contributed by atoms with Gasteiger partial charge in [-0.25, -0.2) is 4.98 Å². The lowest BCUT2D eigenvalue weighted by Crippen LogP contribution is -2.47. The lowest BCUT2D eigenvalue weighted by Gasteiger charge is -2.43. The van der Waals surface area contributed by atoms with Crippen LogP contribution in [0.25, 0.3) is 11.4 Å². The van der Waals surface area contributed by atoms with E-state index in [1.807, 2.05) is 30.3 Å². The van der Waals surface area contributed by atoms with E-state index in [1.54, 1.807) is 0 Å². The molecule has 0 atom stereocenters. The maximum atomic E-state index is 12.7. The van der Waals surface area contributed by atoms with Gasteiger partial charge in [0.2, 0.25) is 0 Å². The second-order valence-electron chi connectivity index (χ2n) is 8.27. The number of aromatic amines is 1. The highest BCUT2D eigenvalue weighted by Gasteiger charge is 2.44. The molecule has 5 rings (SSSR count). The van der Waals surface area contributed by atoms with Gasteiger partial charge in [-0.3, -0.25) is 4.79 Å². The quantitative estimate of drug-likeness (QED) is 0.863. The number of hydrogen-bond donors (Lipinski definition) is 1. The van der Waals surface area contributed by atoms with Crippen molar-refractivity contribution in [1.82, 2.24) is 14.9 Å². The third-order valence-electron chi connectivity index (χ3n) is 6.88.